The highest BCUT2D eigenvalue weighted by Crippen LogP contribution is 2.32. The summed E-state index contributed by atoms with van der Waals surface area (Å²) in [5.74, 6) is 1.48. The van der Waals surface area contributed by atoms with Gasteiger partial charge in [0.25, 0.3) is 0 Å². The lowest BCUT2D eigenvalue weighted by Gasteiger charge is -2.10. The van der Waals surface area contributed by atoms with E-state index < -0.39 is 12.8 Å². The predicted molar refractivity (Wildman–Crippen MR) is 94.7 cm³/mol. The first-order valence-electron chi connectivity index (χ1n) is 7.48. The van der Waals surface area contributed by atoms with Gasteiger partial charge in [-0.25, -0.2) is 14.4 Å². The summed E-state index contributed by atoms with van der Waals surface area (Å²) < 4.78 is 18.6. The van der Waals surface area contributed by atoms with E-state index >= 15 is 0 Å². The van der Waals surface area contributed by atoms with Crippen molar-refractivity contribution in [2.75, 3.05) is 32.3 Å². The van der Waals surface area contributed by atoms with Gasteiger partial charge in [0, 0.05) is 25.9 Å². The molecule has 5 nitrogen and oxygen atoms in total. The van der Waals surface area contributed by atoms with Gasteiger partial charge in [0.05, 0.1) is 10.2 Å². The zero-order valence-electron chi connectivity index (χ0n) is 13.4. The lowest BCUT2D eigenvalue weighted by molar-refractivity contribution is 0.0842. The number of aliphatic hydroxyl groups is 1. The molecule has 0 aliphatic heterocycles. The quantitative estimate of drug-likeness (QED) is 0.742. The van der Waals surface area contributed by atoms with Gasteiger partial charge in [-0.05, 0) is 30.3 Å². The summed E-state index contributed by atoms with van der Waals surface area (Å²) in [6, 6.07) is 9.42. The summed E-state index contributed by atoms with van der Waals surface area (Å²) in [7, 11) is 3.89. The summed E-state index contributed by atoms with van der Waals surface area (Å²) >= 11 is 1.54. The van der Waals surface area contributed by atoms with Crippen LogP contribution in [0, 0.1) is 0 Å². The van der Waals surface area contributed by atoms with E-state index in [1.807, 2.05) is 49.5 Å². The second-order valence-corrected chi connectivity index (χ2v) is 6.60. The van der Waals surface area contributed by atoms with Crippen LogP contribution in [-0.2, 0) is 0 Å². The number of nitrogens with zero attached hydrogens (tertiary/aromatic N) is 3. The number of pyridine rings is 1. The van der Waals surface area contributed by atoms with Crippen LogP contribution in [0.4, 0.5) is 10.2 Å². The van der Waals surface area contributed by atoms with Crippen molar-refractivity contribution >= 4 is 27.4 Å². The third kappa shape index (κ3) is 3.63. The molecule has 0 unspecified atom stereocenters. The molecule has 1 aromatic carbocycles. The molecule has 7 heteroatoms. The van der Waals surface area contributed by atoms with E-state index in [2.05, 4.69) is 9.97 Å². The average molecular weight is 347 g/mol. The number of anilines is 1. The van der Waals surface area contributed by atoms with E-state index in [9.17, 15) is 9.50 Å². The molecule has 0 fully saturated rings. The maximum absolute atomic E-state index is 12.3. The highest BCUT2D eigenvalue weighted by molar-refractivity contribution is 7.21. The second-order valence-electron chi connectivity index (χ2n) is 5.57. The Morgan fingerprint density at radius 3 is 2.79 bits per heavy atom. The highest BCUT2D eigenvalue weighted by atomic mass is 32.1. The van der Waals surface area contributed by atoms with Gasteiger partial charge >= 0.3 is 0 Å². The molecule has 3 aromatic rings. The van der Waals surface area contributed by atoms with Gasteiger partial charge in [0.1, 0.15) is 36.0 Å². The van der Waals surface area contributed by atoms with Crippen LogP contribution in [0.15, 0.2) is 36.5 Å². The van der Waals surface area contributed by atoms with Gasteiger partial charge in [0.2, 0.25) is 0 Å². The lowest BCUT2D eigenvalue weighted by Crippen LogP contribution is -2.19. The Kier molecular flexibility index (Phi) is 4.92. The van der Waals surface area contributed by atoms with Gasteiger partial charge in [-0.3, -0.25) is 0 Å². The van der Waals surface area contributed by atoms with Crippen LogP contribution >= 0.6 is 11.3 Å². The Bertz CT molecular complexity index is 820. The molecule has 0 amide bonds. The van der Waals surface area contributed by atoms with Crippen LogP contribution in [0.25, 0.3) is 20.8 Å². The van der Waals surface area contributed by atoms with Crippen LogP contribution in [0.2, 0.25) is 0 Å². The Balaban J connectivity index is 1.83. The van der Waals surface area contributed by atoms with Gasteiger partial charge < -0.3 is 14.7 Å². The van der Waals surface area contributed by atoms with Gasteiger partial charge in [-0.2, -0.15) is 0 Å². The number of alkyl halides is 1. The number of halogens is 1. The summed E-state index contributed by atoms with van der Waals surface area (Å²) in [5.41, 5.74) is 1.82. The average Bonchev–Trinajstić information content (AvgIpc) is 3.03. The molecule has 2 aromatic heterocycles. The fourth-order valence-electron chi connectivity index (χ4n) is 2.13. The van der Waals surface area contributed by atoms with E-state index in [1.165, 1.54) is 11.3 Å². The van der Waals surface area contributed by atoms with Crippen LogP contribution in [0.5, 0.6) is 5.75 Å². The zero-order valence-corrected chi connectivity index (χ0v) is 14.3. The first-order valence-corrected chi connectivity index (χ1v) is 8.29. The van der Waals surface area contributed by atoms with Gasteiger partial charge in [0.15, 0.2) is 0 Å². The minimum Gasteiger partial charge on any atom is -0.491 e. The van der Waals surface area contributed by atoms with Crippen molar-refractivity contribution in [3.8, 4) is 16.3 Å². The van der Waals surface area contributed by atoms with Crippen molar-refractivity contribution < 1.29 is 14.2 Å². The molecule has 0 saturated heterocycles. The maximum atomic E-state index is 12.3. The summed E-state index contributed by atoms with van der Waals surface area (Å²) in [6.07, 6.45) is 0.709. The standard InChI is InChI=1S/C17H18FN3O2S/c1-21(2)16-6-3-11(9-19-16)17-20-14-5-4-13(7-15(14)24-17)23-10-12(22)8-18/h3-7,9,12,22H,8,10H2,1-2H3/t12-/m1/s1. The van der Waals surface area contributed by atoms with Crippen molar-refractivity contribution in [2.45, 2.75) is 6.10 Å². The van der Waals surface area contributed by atoms with Crippen molar-refractivity contribution in [2.24, 2.45) is 0 Å². The third-order valence-electron chi connectivity index (χ3n) is 3.43. The number of aliphatic hydroxyl groups excluding tert-OH is 1. The van der Waals surface area contributed by atoms with Crippen LogP contribution in [0.1, 0.15) is 0 Å². The Hall–Kier alpha value is -2.25. The molecule has 1 atom stereocenters. The number of fused-ring (bicyclic) bond motifs is 1. The van der Waals surface area contributed by atoms with Crippen molar-refractivity contribution in [1.29, 1.82) is 0 Å². The van der Waals surface area contributed by atoms with Crippen LogP contribution < -0.4 is 9.64 Å². The molecule has 24 heavy (non-hydrogen) atoms. The minimum absolute atomic E-state index is 0.0659. The number of benzene rings is 1. The van der Waals surface area contributed by atoms with Crippen molar-refractivity contribution in [3.05, 3.63) is 36.5 Å². The molecular formula is C17H18FN3O2S. The first-order chi connectivity index (χ1) is 11.6. The van der Waals surface area contributed by atoms with E-state index in [0.717, 1.165) is 26.6 Å². The molecule has 0 spiro atoms. The molecule has 0 aliphatic carbocycles. The molecule has 1 N–H and O–H groups in total. The Morgan fingerprint density at radius 1 is 1.29 bits per heavy atom. The molecule has 3 rings (SSSR count). The molecule has 0 bridgehead atoms. The molecule has 126 valence electrons. The topological polar surface area (TPSA) is 58.5 Å². The smallest absolute Gasteiger partial charge is 0.127 e. The zero-order chi connectivity index (χ0) is 17.1. The maximum Gasteiger partial charge on any atom is 0.127 e. The van der Waals surface area contributed by atoms with Crippen LogP contribution in [-0.4, -0.2) is 48.6 Å². The largest absolute Gasteiger partial charge is 0.491 e. The Morgan fingerprint density at radius 2 is 2.12 bits per heavy atom. The van der Waals surface area contributed by atoms with E-state index in [1.54, 1.807) is 6.07 Å². The van der Waals surface area contributed by atoms with E-state index in [-0.39, 0.29) is 6.61 Å². The summed E-state index contributed by atoms with van der Waals surface area (Å²) in [4.78, 5) is 11.0. The number of aromatic nitrogens is 2. The first kappa shape index (κ1) is 16.6. The lowest BCUT2D eigenvalue weighted by atomic mass is 10.3. The minimum atomic E-state index is -1.10. The summed E-state index contributed by atoms with van der Waals surface area (Å²) in [6.45, 7) is -0.882. The highest BCUT2D eigenvalue weighted by Gasteiger charge is 2.10. The number of hydrogen-bond donors (Lipinski definition) is 1. The number of rotatable bonds is 6. The number of ether oxygens (including phenoxy) is 1. The molecule has 0 aliphatic rings. The van der Waals surface area contributed by atoms with E-state index in [4.69, 9.17) is 4.74 Å². The van der Waals surface area contributed by atoms with Crippen LogP contribution in [0.3, 0.4) is 0 Å². The number of thiazole rings is 1. The van der Waals surface area contributed by atoms with E-state index in [0.29, 0.717) is 5.75 Å². The van der Waals surface area contributed by atoms with Gasteiger partial charge in [-0.1, -0.05) is 0 Å². The summed E-state index contributed by atoms with van der Waals surface area (Å²) in [5, 5.41) is 10.1. The fraction of sp³-hybridized carbons (Fsp3) is 0.294. The fourth-order valence-corrected chi connectivity index (χ4v) is 3.12. The van der Waals surface area contributed by atoms with Gasteiger partial charge in [-0.15, -0.1) is 11.3 Å². The second kappa shape index (κ2) is 7.11. The normalized spacial score (nSPS) is 12.3. The predicted octanol–water partition coefficient (Wildman–Crippen LogP) is 3.13. The molecule has 0 saturated carbocycles. The third-order valence-corrected chi connectivity index (χ3v) is 4.50. The molecule has 0 radical (unpaired) electrons. The Labute approximate surface area is 143 Å². The van der Waals surface area contributed by atoms with Crippen molar-refractivity contribution in [3.63, 3.8) is 0 Å². The number of hydrogen-bond acceptors (Lipinski definition) is 6. The molecule has 2 heterocycles. The monoisotopic (exact) mass is 347 g/mol. The van der Waals surface area contributed by atoms with Crippen molar-refractivity contribution in [1.82, 2.24) is 9.97 Å². The molecular weight excluding hydrogens is 329 g/mol. The SMILES string of the molecule is CN(C)c1ccc(-c2nc3ccc(OC[C@H](O)CF)cc3s2)cn1.